The van der Waals surface area contributed by atoms with Gasteiger partial charge in [-0.15, -0.1) is 0 Å². The molecule has 2 aromatic rings. The second-order valence-electron chi connectivity index (χ2n) is 5.14. The summed E-state index contributed by atoms with van der Waals surface area (Å²) in [6, 6.07) is 16.7. The van der Waals surface area contributed by atoms with Crippen LogP contribution in [0.15, 0.2) is 71.6 Å². The number of carbonyl (C=O) groups excluding carboxylic acids is 1. The first-order valence-corrected chi connectivity index (χ1v) is 7.53. The first-order valence-electron chi connectivity index (χ1n) is 7.53. The SMILES string of the molecule is N#CC(C#N)=C(O)/C(=C/c1ccccc1[N+](=O)[O-])NC(=O)c1ccccc1. The summed E-state index contributed by atoms with van der Waals surface area (Å²) in [7, 11) is 0. The molecule has 1 amide bonds. The van der Waals surface area contributed by atoms with Crippen molar-refractivity contribution in [3.05, 3.63) is 92.9 Å². The van der Waals surface area contributed by atoms with Crippen LogP contribution in [0.2, 0.25) is 0 Å². The number of benzene rings is 2. The third-order valence-corrected chi connectivity index (χ3v) is 3.43. The molecule has 132 valence electrons. The lowest BCUT2D eigenvalue weighted by Crippen LogP contribution is -2.24. The number of rotatable bonds is 5. The van der Waals surface area contributed by atoms with E-state index in [4.69, 9.17) is 10.5 Å². The molecule has 8 heteroatoms. The number of nitro groups is 1. The van der Waals surface area contributed by atoms with Crippen molar-refractivity contribution in [3.63, 3.8) is 0 Å². The Kier molecular flexibility index (Phi) is 6.02. The number of nitrogens with zero attached hydrogens (tertiary/aromatic N) is 3. The molecule has 0 unspecified atom stereocenters. The number of aliphatic hydroxyl groups is 1. The molecule has 0 aliphatic carbocycles. The Morgan fingerprint density at radius 2 is 1.67 bits per heavy atom. The predicted octanol–water partition coefficient (Wildman–Crippen LogP) is 3.22. The van der Waals surface area contributed by atoms with E-state index in [0.717, 1.165) is 6.08 Å². The lowest BCUT2D eigenvalue weighted by molar-refractivity contribution is -0.385. The highest BCUT2D eigenvalue weighted by Crippen LogP contribution is 2.22. The zero-order valence-corrected chi connectivity index (χ0v) is 13.8. The zero-order valence-electron chi connectivity index (χ0n) is 13.8. The van der Waals surface area contributed by atoms with Crippen LogP contribution in [0.3, 0.4) is 0 Å². The van der Waals surface area contributed by atoms with E-state index in [9.17, 15) is 20.0 Å². The molecule has 2 N–H and O–H groups in total. The zero-order chi connectivity index (χ0) is 19.8. The molecule has 27 heavy (non-hydrogen) atoms. The van der Waals surface area contributed by atoms with Crippen molar-refractivity contribution in [3.8, 4) is 12.1 Å². The Labute approximate surface area is 154 Å². The molecule has 0 atom stereocenters. The smallest absolute Gasteiger partial charge is 0.276 e. The molecule has 0 radical (unpaired) electrons. The number of nitrogens with one attached hydrogen (secondary N) is 1. The topological polar surface area (TPSA) is 140 Å². The van der Waals surface area contributed by atoms with Gasteiger partial charge in [-0.25, -0.2) is 0 Å². The van der Waals surface area contributed by atoms with Crippen molar-refractivity contribution in [2.24, 2.45) is 0 Å². The van der Waals surface area contributed by atoms with E-state index < -0.39 is 22.2 Å². The van der Waals surface area contributed by atoms with Crippen LogP contribution in [0.4, 0.5) is 5.69 Å². The van der Waals surface area contributed by atoms with E-state index in [1.54, 1.807) is 18.2 Å². The predicted molar refractivity (Wildman–Crippen MR) is 95.9 cm³/mol. The van der Waals surface area contributed by atoms with Gasteiger partial charge in [0.05, 0.1) is 16.2 Å². The number of hydrogen-bond donors (Lipinski definition) is 2. The number of nitriles is 2. The summed E-state index contributed by atoms with van der Waals surface area (Å²) in [5.41, 5.74) is -0.890. The van der Waals surface area contributed by atoms with E-state index in [0.29, 0.717) is 0 Å². The largest absolute Gasteiger partial charge is 0.504 e. The number of aliphatic hydroxyl groups excluding tert-OH is 1. The molecule has 2 rings (SSSR count). The van der Waals surface area contributed by atoms with Crippen LogP contribution in [0, 0.1) is 32.8 Å². The molecule has 0 aliphatic heterocycles. The molecule has 8 nitrogen and oxygen atoms in total. The highest BCUT2D eigenvalue weighted by molar-refractivity contribution is 5.96. The van der Waals surface area contributed by atoms with Crippen molar-refractivity contribution in [2.75, 3.05) is 0 Å². The Morgan fingerprint density at radius 1 is 1.07 bits per heavy atom. The van der Waals surface area contributed by atoms with Crippen LogP contribution in [0.1, 0.15) is 15.9 Å². The van der Waals surface area contributed by atoms with Gasteiger partial charge in [-0.1, -0.05) is 30.3 Å². The fraction of sp³-hybridized carbons (Fsp3) is 0. The van der Waals surface area contributed by atoms with Crippen LogP contribution in [0.5, 0.6) is 0 Å². The minimum atomic E-state index is -0.789. The lowest BCUT2D eigenvalue weighted by atomic mass is 10.1. The number of carbonyl (C=O) groups is 1. The Balaban J connectivity index is 2.57. The molecule has 2 aromatic carbocycles. The van der Waals surface area contributed by atoms with Gasteiger partial charge in [0.25, 0.3) is 11.6 Å². The van der Waals surface area contributed by atoms with Crippen LogP contribution in [-0.2, 0) is 0 Å². The quantitative estimate of drug-likeness (QED) is 0.276. The van der Waals surface area contributed by atoms with Crippen molar-refractivity contribution in [1.82, 2.24) is 5.32 Å². The number of para-hydroxylation sites is 1. The molecule has 0 saturated heterocycles. The molecular weight excluding hydrogens is 348 g/mol. The van der Waals surface area contributed by atoms with Crippen molar-refractivity contribution in [2.45, 2.75) is 0 Å². The Morgan fingerprint density at radius 3 is 2.26 bits per heavy atom. The van der Waals surface area contributed by atoms with Crippen molar-refractivity contribution in [1.29, 1.82) is 10.5 Å². The van der Waals surface area contributed by atoms with Gasteiger partial charge in [-0.2, -0.15) is 10.5 Å². The van der Waals surface area contributed by atoms with Crippen LogP contribution in [-0.4, -0.2) is 15.9 Å². The summed E-state index contributed by atoms with van der Waals surface area (Å²) in [5.74, 6) is -1.41. The van der Waals surface area contributed by atoms with Crippen LogP contribution < -0.4 is 5.32 Å². The highest BCUT2D eigenvalue weighted by Gasteiger charge is 2.18. The van der Waals surface area contributed by atoms with Crippen molar-refractivity contribution < 1.29 is 14.8 Å². The summed E-state index contributed by atoms with van der Waals surface area (Å²) in [6.07, 6.45) is 1.13. The summed E-state index contributed by atoms with van der Waals surface area (Å²) in [5, 5.41) is 41.7. The van der Waals surface area contributed by atoms with Gasteiger partial charge in [0, 0.05) is 11.6 Å². The fourth-order valence-corrected chi connectivity index (χ4v) is 2.14. The maximum atomic E-state index is 12.4. The summed E-state index contributed by atoms with van der Waals surface area (Å²) in [6.45, 7) is 0. The maximum Gasteiger partial charge on any atom is 0.276 e. The molecule has 0 fully saturated rings. The molecule has 0 spiro atoms. The van der Waals surface area contributed by atoms with Crippen molar-refractivity contribution >= 4 is 17.7 Å². The second kappa shape index (κ2) is 8.60. The maximum absolute atomic E-state index is 12.4. The summed E-state index contributed by atoms with van der Waals surface area (Å²) < 4.78 is 0. The van der Waals surface area contributed by atoms with E-state index in [-0.39, 0.29) is 22.5 Å². The average molecular weight is 360 g/mol. The van der Waals surface area contributed by atoms with E-state index in [1.165, 1.54) is 48.5 Å². The van der Waals surface area contributed by atoms with Crippen LogP contribution >= 0.6 is 0 Å². The lowest BCUT2D eigenvalue weighted by Gasteiger charge is -2.10. The van der Waals surface area contributed by atoms with Gasteiger partial charge < -0.3 is 10.4 Å². The number of allylic oxidation sites excluding steroid dienone is 1. The monoisotopic (exact) mass is 360 g/mol. The molecule has 0 heterocycles. The minimum Gasteiger partial charge on any atom is -0.504 e. The third-order valence-electron chi connectivity index (χ3n) is 3.43. The summed E-state index contributed by atoms with van der Waals surface area (Å²) in [4.78, 5) is 22.9. The van der Waals surface area contributed by atoms with Gasteiger partial charge in [-0.05, 0) is 24.3 Å². The number of hydrogen-bond acceptors (Lipinski definition) is 6. The van der Waals surface area contributed by atoms with Gasteiger partial charge >= 0.3 is 0 Å². The minimum absolute atomic E-state index is 0.0765. The Bertz CT molecular complexity index is 1010. The van der Waals surface area contributed by atoms with Crippen LogP contribution in [0.25, 0.3) is 6.08 Å². The van der Waals surface area contributed by atoms with Gasteiger partial charge in [0.15, 0.2) is 11.3 Å². The standard InChI is InChI=1S/C19H12N4O4/c20-11-15(12-21)18(24)16(22-19(25)13-6-2-1-3-7-13)10-14-8-4-5-9-17(14)23(26)27/h1-10,24H,(H,22,25)/b16-10-. The number of nitro benzene ring substituents is 1. The summed E-state index contributed by atoms with van der Waals surface area (Å²) >= 11 is 0. The van der Waals surface area contributed by atoms with Gasteiger partial charge in [0.2, 0.25) is 0 Å². The molecule has 0 saturated carbocycles. The normalized spacial score (nSPS) is 10.2. The molecular formula is C19H12N4O4. The second-order valence-corrected chi connectivity index (χ2v) is 5.14. The first-order chi connectivity index (χ1) is 13.0. The third kappa shape index (κ3) is 4.56. The van der Waals surface area contributed by atoms with E-state index in [1.807, 2.05) is 0 Å². The van der Waals surface area contributed by atoms with Gasteiger partial charge in [0.1, 0.15) is 12.1 Å². The Hall–Kier alpha value is -4.43. The number of amides is 1. The van der Waals surface area contributed by atoms with E-state index in [2.05, 4.69) is 5.32 Å². The molecule has 0 aliphatic rings. The first kappa shape index (κ1) is 18.9. The van der Waals surface area contributed by atoms with E-state index >= 15 is 0 Å². The highest BCUT2D eigenvalue weighted by atomic mass is 16.6. The van der Waals surface area contributed by atoms with Gasteiger partial charge in [-0.3, -0.25) is 14.9 Å². The molecule has 0 aromatic heterocycles. The fourth-order valence-electron chi connectivity index (χ4n) is 2.14. The molecule has 0 bridgehead atoms. The average Bonchev–Trinajstić information content (AvgIpc) is 2.69.